The standard InChI is InChI=1S/C11H15BrClNOS/c1-6(2)8(4-12)14-11(15)10-9(13)7(3)5-16-10/h5-6,8H,4H2,1-3H3,(H,14,15). The van der Waals surface area contributed by atoms with Gasteiger partial charge in [-0.3, -0.25) is 4.79 Å². The maximum Gasteiger partial charge on any atom is 0.263 e. The first-order chi connectivity index (χ1) is 7.47. The van der Waals surface area contributed by atoms with Crippen LogP contribution in [-0.2, 0) is 0 Å². The molecule has 2 nitrogen and oxygen atoms in total. The molecule has 0 bridgehead atoms. The van der Waals surface area contributed by atoms with E-state index in [1.54, 1.807) is 0 Å². The van der Waals surface area contributed by atoms with Gasteiger partial charge in [0.25, 0.3) is 5.91 Å². The van der Waals surface area contributed by atoms with E-state index in [0.29, 0.717) is 15.8 Å². The maximum absolute atomic E-state index is 11.9. The molecule has 1 aromatic rings. The Morgan fingerprint density at radius 3 is 2.62 bits per heavy atom. The van der Waals surface area contributed by atoms with E-state index in [1.807, 2.05) is 12.3 Å². The van der Waals surface area contributed by atoms with E-state index >= 15 is 0 Å². The lowest BCUT2D eigenvalue weighted by Crippen LogP contribution is -2.39. The van der Waals surface area contributed by atoms with Crippen LogP contribution in [0.25, 0.3) is 0 Å². The Labute approximate surface area is 114 Å². The largest absolute Gasteiger partial charge is 0.347 e. The van der Waals surface area contributed by atoms with Crippen molar-refractivity contribution in [1.29, 1.82) is 0 Å². The molecular formula is C11H15BrClNOS. The number of thiophene rings is 1. The molecule has 0 aliphatic carbocycles. The average molecular weight is 325 g/mol. The molecule has 5 heteroatoms. The molecule has 1 heterocycles. The second-order valence-electron chi connectivity index (χ2n) is 4.04. The lowest BCUT2D eigenvalue weighted by molar-refractivity contribution is 0.0936. The molecule has 0 aliphatic rings. The van der Waals surface area contributed by atoms with Gasteiger partial charge in [0.1, 0.15) is 4.88 Å². The van der Waals surface area contributed by atoms with Crippen molar-refractivity contribution < 1.29 is 4.79 Å². The second kappa shape index (κ2) is 6.03. The number of hydrogen-bond donors (Lipinski definition) is 1. The van der Waals surface area contributed by atoms with Gasteiger partial charge >= 0.3 is 0 Å². The van der Waals surface area contributed by atoms with Gasteiger partial charge in [0.2, 0.25) is 0 Å². The molecule has 1 unspecified atom stereocenters. The van der Waals surface area contributed by atoms with Crippen molar-refractivity contribution in [1.82, 2.24) is 5.32 Å². The molecule has 1 amide bonds. The Hall–Kier alpha value is -0.0600. The van der Waals surface area contributed by atoms with Gasteiger partial charge in [-0.1, -0.05) is 41.4 Å². The molecule has 0 saturated carbocycles. The predicted molar refractivity (Wildman–Crippen MR) is 74.0 cm³/mol. The normalized spacial score (nSPS) is 12.9. The van der Waals surface area contributed by atoms with Gasteiger partial charge < -0.3 is 5.32 Å². The van der Waals surface area contributed by atoms with Crippen LogP contribution in [0.4, 0.5) is 0 Å². The zero-order chi connectivity index (χ0) is 12.3. The Bertz CT molecular complexity index is 378. The van der Waals surface area contributed by atoms with E-state index < -0.39 is 0 Å². The number of aryl methyl sites for hydroxylation is 1. The predicted octanol–water partition coefficient (Wildman–Crippen LogP) is 3.86. The SMILES string of the molecule is Cc1csc(C(=O)NC(CBr)C(C)C)c1Cl. The van der Waals surface area contributed by atoms with Crippen LogP contribution >= 0.6 is 38.9 Å². The Kier molecular flexibility index (Phi) is 5.28. The van der Waals surface area contributed by atoms with Crippen molar-refractivity contribution in [3.05, 3.63) is 20.8 Å². The summed E-state index contributed by atoms with van der Waals surface area (Å²) in [6.07, 6.45) is 0. The highest BCUT2D eigenvalue weighted by Crippen LogP contribution is 2.27. The van der Waals surface area contributed by atoms with Gasteiger partial charge in [-0.2, -0.15) is 0 Å². The number of alkyl halides is 1. The van der Waals surface area contributed by atoms with E-state index in [0.717, 1.165) is 10.9 Å². The van der Waals surface area contributed by atoms with Gasteiger partial charge in [0.15, 0.2) is 0 Å². The molecular weight excluding hydrogens is 310 g/mol. The number of halogens is 2. The molecule has 1 atom stereocenters. The number of amides is 1. The molecule has 1 aromatic heterocycles. The molecule has 0 spiro atoms. The number of nitrogens with one attached hydrogen (secondary N) is 1. The first-order valence-corrected chi connectivity index (χ1v) is 7.45. The quantitative estimate of drug-likeness (QED) is 0.837. The third-order valence-corrected chi connectivity index (χ3v) is 4.79. The minimum atomic E-state index is -0.0822. The van der Waals surface area contributed by atoms with Crippen LogP contribution in [0, 0.1) is 12.8 Å². The minimum absolute atomic E-state index is 0.0822. The highest BCUT2D eigenvalue weighted by Gasteiger charge is 2.19. The van der Waals surface area contributed by atoms with Gasteiger partial charge in [-0.15, -0.1) is 11.3 Å². The van der Waals surface area contributed by atoms with E-state index in [-0.39, 0.29) is 11.9 Å². The Balaban J connectivity index is 2.76. The van der Waals surface area contributed by atoms with Crippen molar-refractivity contribution in [2.75, 3.05) is 5.33 Å². The van der Waals surface area contributed by atoms with Crippen LogP contribution in [0.2, 0.25) is 5.02 Å². The van der Waals surface area contributed by atoms with Crippen LogP contribution in [0.1, 0.15) is 29.1 Å². The van der Waals surface area contributed by atoms with Crippen LogP contribution in [0.5, 0.6) is 0 Å². The molecule has 90 valence electrons. The summed E-state index contributed by atoms with van der Waals surface area (Å²) in [4.78, 5) is 12.5. The van der Waals surface area contributed by atoms with E-state index in [2.05, 4.69) is 35.1 Å². The zero-order valence-electron chi connectivity index (χ0n) is 9.51. The van der Waals surface area contributed by atoms with Crippen molar-refractivity contribution in [2.45, 2.75) is 26.8 Å². The highest BCUT2D eigenvalue weighted by molar-refractivity contribution is 9.09. The average Bonchev–Trinajstić information content (AvgIpc) is 2.55. The molecule has 0 fully saturated rings. The molecule has 16 heavy (non-hydrogen) atoms. The van der Waals surface area contributed by atoms with Crippen molar-refractivity contribution in [2.24, 2.45) is 5.92 Å². The van der Waals surface area contributed by atoms with Crippen LogP contribution in [-0.4, -0.2) is 17.3 Å². The van der Waals surface area contributed by atoms with Gasteiger partial charge in [0.05, 0.1) is 5.02 Å². The highest BCUT2D eigenvalue weighted by atomic mass is 79.9. The summed E-state index contributed by atoms with van der Waals surface area (Å²) >= 11 is 10.8. The maximum atomic E-state index is 11.9. The van der Waals surface area contributed by atoms with Crippen LogP contribution in [0.15, 0.2) is 5.38 Å². The zero-order valence-corrected chi connectivity index (χ0v) is 12.7. The lowest BCUT2D eigenvalue weighted by atomic mass is 10.1. The van der Waals surface area contributed by atoms with Crippen LogP contribution in [0.3, 0.4) is 0 Å². The van der Waals surface area contributed by atoms with E-state index in [4.69, 9.17) is 11.6 Å². The third kappa shape index (κ3) is 3.22. The third-order valence-electron chi connectivity index (χ3n) is 2.39. The first kappa shape index (κ1) is 14.0. The number of rotatable bonds is 4. The lowest BCUT2D eigenvalue weighted by Gasteiger charge is -2.19. The van der Waals surface area contributed by atoms with E-state index in [1.165, 1.54) is 11.3 Å². The van der Waals surface area contributed by atoms with Crippen molar-refractivity contribution in [3.63, 3.8) is 0 Å². The summed E-state index contributed by atoms with van der Waals surface area (Å²) in [7, 11) is 0. The summed E-state index contributed by atoms with van der Waals surface area (Å²) < 4.78 is 0. The van der Waals surface area contributed by atoms with Gasteiger partial charge in [-0.25, -0.2) is 0 Å². The smallest absolute Gasteiger partial charge is 0.263 e. The molecule has 1 rings (SSSR count). The molecule has 0 radical (unpaired) electrons. The monoisotopic (exact) mass is 323 g/mol. The number of carbonyl (C=O) groups is 1. The first-order valence-electron chi connectivity index (χ1n) is 5.07. The summed E-state index contributed by atoms with van der Waals surface area (Å²) in [6, 6.07) is 0.131. The number of carbonyl (C=O) groups excluding carboxylic acids is 1. The molecule has 0 aliphatic heterocycles. The van der Waals surface area contributed by atoms with Crippen molar-refractivity contribution in [3.8, 4) is 0 Å². The molecule has 0 saturated heterocycles. The Morgan fingerprint density at radius 2 is 2.25 bits per heavy atom. The fourth-order valence-corrected chi connectivity index (χ4v) is 3.29. The van der Waals surface area contributed by atoms with Gasteiger partial charge in [-0.05, 0) is 23.8 Å². The van der Waals surface area contributed by atoms with E-state index in [9.17, 15) is 4.79 Å². The van der Waals surface area contributed by atoms with Gasteiger partial charge in [0, 0.05) is 11.4 Å². The summed E-state index contributed by atoms with van der Waals surface area (Å²) in [6.45, 7) is 6.06. The number of hydrogen-bond acceptors (Lipinski definition) is 2. The fourth-order valence-electron chi connectivity index (χ4n) is 1.20. The topological polar surface area (TPSA) is 29.1 Å². The summed E-state index contributed by atoms with van der Waals surface area (Å²) in [5.41, 5.74) is 0.955. The fraction of sp³-hybridized carbons (Fsp3) is 0.545. The second-order valence-corrected chi connectivity index (χ2v) is 5.95. The molecule has 0 aromatic carbocycles. The summed E-state index contributed by atoms with van der Waals surface area (Å²) in [5, 5.41) is 6.19. The van der Waals surface area contributed by atoms with Crippen molar-refractivity contribution >= 4 is 44.8 Å². The minimum Gasteiger partial charge on any atom is -0.347 e. The van der Waals surface area contributed by atoms with Crippen LogP contribution < -0.4 is 5.32 Å². The molecule has 1 N–H and O–H groups in total. The Morgan fingerprint density at radius 1 is 1.62 bits per heavy atom. The summed E-state index contributed by atoms with van der Waals surface area (Å²) in [5.74, 6) is 0.310.